The highest BCUT2D eigenvalue weighted by atomic mass is 19.1. The van der Waals surface area contributed by atoms with Gasteiger partial charge in [0.25, 0.3) is 0 Å². The lowest BCUT2D eigenvalue weighted by molar-refractivity contribution is 0.0729. The molecule has 2 rings (SSSR count). The highest BCUT2D eigenvalue weighted by molar-refractivity contribution is 5.95. The van der Waals surface area contributed by atoms with Crippen molar-refractivity contribution in [1.29, 1.82) is 0 Å². The second kappa shape index (κ2) is 4.87. The van der Waals surface area contributed by atoms with Gasteiger partial charge in [-0.1, -0.05) is 12.1 Å². The molecule has 0 aliphatic rings. The smallest absolute Gasteiger partial charge is 0.349 e. The lowest BCUT2D eigenvalue weighted by Gasteiger charge is -2.04. The third-order valence-corrected chi connectivity index (χ3v) is 2.44. The number of aromatic nitrogens is 2. The summed E-state index contributed by atoms with van der Waals surface area (Å²) in [6.45, 7) is 2.38. The van der Waals surface area contributed by atoms with Crippen LogP contribution >= 0.6 is 0 Å². The van der Waals surface area contributed by atoms with Crippen LogP contribution in [0.25, 0.3) is 0 Å². The zero-order chi connectivity index (χ0) is 13.1. The van der Waals surface area contributed by atoms with E-state index in [0.717, 1.165) is 0 Å². The normalized spacial score (nSPS) is 10.3. The maximum Gasteiger partial charge on any atom is 0.349 e. The topological polar surface area (TPSA) is 70.1 Å². The molecule has 2 aromatic rings. The highest BCUT2D eigenvalue weighted by Crippen LogP contribution is 2.19. The van der Waals surface area contributed by atoms with Crippen molar-refractivity contribution >= 4 is 11.8 Å². The van der Waals surface area contributed by atoms with Crippen molar-refractivity contribution in [1.82, 2.24) is 9.78 Å². The first-order valence-electron chi connectivity index (χ1n) is 5.41. The van der Waals surface area contributed by atoms with Crippen LogP contribution in [0.1, 0.15) is 17.3 Å². The van der Waals surface area contributed by atoms with E-state index in [1.807, 2.05) is 6.92 Å². The van der Waals surface area contributed by atoms with E-state index in [2.05, 4.69) is 5.10 Å². The summed E-state index contributed by atoms with van der Waals surface area (Å²) in [6.07, 6.45) is 1.31. The van der Waals surface area contributed by atoms with E-state index in [1.165, 1.54) is 29.1 Å². The van der Waals surface area contributed by atoms with Crippen molar-refractivity contribution in [2.75, 3.05) is 5.73 Å². The predicted octanol–water partition coefficient (Wildman–Crippen LogP) is 1.84. The zero-order valence-electron chi connectivity index (χ0n) is 9.76. The summed E-state index contributed by atoms with van der Waals surface area (Å²) in [5.74, 6) is -1.26. The molecule has 6 heteroatoms. The molecule has 0 radical (unpaired) electrons. The number of nitrogen functional groups attached to an aromatic ring is 1. The molecule has 0 aliphatic heterocycles. The molecule has 5 nitrogen and oxygen atoms in total. The summed E-state index contributed by atoms with van der Waals surface area (Å²) in [6, 6.07) is 5.66. The van der Waals surface area contributed by atoms with Crippen LogP contribution in [0, 0.1) is 5.82 Å². The molecule has 1 aromatic heterocycles. The zero-order valence-corrected chi connectivity index (χ0v) is 9.76. The number of hydrogen-bond acceptors (Lipinski definition) is 4. The Labute approximate surface area is 103 Å². The highest BCUT2D eigenvalue weighted by Gasteiger charge is 2.17. The van der Waals surface area contributed by atoms with Gasteiger partial charge in [0.05, 0.1) is 6.20 Å². The number of hydrogen-bond donors (Lipinski definition) is 1. The van der Waals surface area contributed by atoms with Crippen LogP contribution < -0.4 is 10.5 Å². The van der Waals surface area contributed by atoms with Crippen molar-refractivity contribution in [3.05, 3.63) is 41.8 Å². The van der Waals surface area contributed by atoms with Crippen molar-refractivity contribution in [2.24, 2.45) is 0 Å². The van der Waals surface area contributed by atoms with Gasteiger partial charge < -0.3 is 10.5 Å². The lowest BCUT2D eigenvalue weighted by Crippen LogP contribution is -2.12. The molecule has 0 fully saturated rings. The molecule has 1 aromatic carbocycles. The molecule has 0 amide bonds. The number of aryl methyl sites for hydroxylation is 1. The summed E-state index contributed by atoms with van der Waals surface area (Å²) < 4.78 is 19.7. The van der Waals surface area contributed by atoms with Gasteiger partial charge in [-0.3, -0.25) is 0 Å². The molecule has 0 saturated carbocycles. The number of ether oxygens (including phenoxy) is 1. The second-order valence-electron chi connectivity index (χ2n) is 3.58. The fourth-order valence-corrected chi connectivity index (χ4v) is 1.49. The average Bonchev–Trinajstić information content (AvgIpc) is 2.73. The van der Waals surface area contributed by atoms with Crippen molar-refractivity contribution in [3.63, 3.8) is 0 Å². The van der Waals surface area contributed by atoms with Gasteiger partial charge in [0.2, 0.25) is 0 Å². The third-order valence-electron chi connectivity index (χ3n) is 2.44. The SMILES string of the molecule is CCn1ncc(C(=O)Oc2ccccc2F)c1N. The fraction of sp³-hybridized carbons (Fsp3) is 0.167. The Balaban J connectivity index is 2.22. The Bertz CT molecular complexity index is 580. The number of carbonyl (C=O) groups is 1. The molecule has 1 heterocycles. The van der Waals surface area contributed by atoms with Gasteiger partial charge in [0.1, 0.15) is 11.4 Å². The Morgan fingerprint density at radius 1 is 1.50 bits per heavy atom. The van der Waals surface area contributed by atoms with Crippen LogP contribution in [0.3, 0.4) is 0 Å². The van der Waals surface area contributed by atoms with Gasteiger partial charge >= 0.3 is 5.97 Å². The quantitative estimate of drug-likeness (QED) is 0.665. The predicted molar refractivity (Wildman–Crippen MR) is 63.7 cm³/mol. The molecule has 18 heavy (non-hydrogen) atoms. The first-order valence-corrected chi connectivity index (χ1v) is 5.41. The number of halogens is 1. The molecule has 0 saturated heterocycles. The molecule has 0 atom stereocenters. The summed E-state index contributed by atoms with van der Waals surface area (Å²) in [7, 11) is 0. The van der Waals surface area contributed by atoms with E-state index in [9.17, 15) is 9.18 Å². The number of benzene rings is 1. The second-order valence-corrected chi connectivity index (χ2v) is 3.58. The lowest BCUT2D eigenvalue weighted by atomic mass is 10.3. The first-order chi connectivity index (χ1) is 8.63. The summed E-state index contributed by atoms with van der Waals surface area (Å²) in [5.41, 5.74) is 5.84. The molecule has 2 N–H and O–H groups in total. The van der Waals surface area contributed by atoms with E-state index in [1.54, 1.807) is 6.07 Å². The standard InChI is InChI=1S/C12H12FN3O2/c1-2-16-11(14)8(7-15-16)12(17)18-10-6-4-3-5-9(10)13/h3-7H,2,14H2,1H3. The monoisotopic (exact) mass is 249 g/mol. The van der Waals surface area contributed by atoms with Crippen LogP contribution in [0.15, 0.2) is 30.5 Å². The number of nitrogens with zero attached hydrogens (tertiary/aromatic N) is 2. The number of anilines is 1. The van der Waals surface area contributed by atoms with E-state index in [4.69, 9.17) is 10.5 Å². The average molecular weight is 249 g/mol. The first kappa shape index (κ1) is 12.1. The Morgan fingerprint density at radius 2 is 2.22 bits per heavy atom. The number of esters is 1. The Hall–Kier alpha value is -2.37. The molecular weight excluding hydrogens is 237 g/mol. The minimum absolute atomic E-state index is 0.125. The van der Waals surface area contributed by atoms with E-state index in [-0.39, 0.29) is 17.1 Å². The largest absolute Gasteiger partial charge is 0.420 e. The summed E-state index contributed by atoms with van der Waals surface area (Å²) >= 11 is 0. The minimum Gasteiger partial charge on any atom is -0.420 e. The van der Waals surface area contributed by atoms with Crippen molar-refractivity contribution in [2.45, 2.75) is 13.5 Å². The van der Waals surface area contributed by atoms with Crippen LogP contribution in [0.4, 0.5) is 10.2 Å². The molecule has 0 aliphatic carbocycles. The summed E-state index contributed by atoms with van der Waals surface area (Å²) in [4.78, 5) is 11.8. The van der Waals surface area contributed by atoms with Gasteiger partial charge in [-0.05, 0) is 19.1 Å². The van der Waals surface area contributed by atoms with Gasteiger partial charge in [-0.15, -0.1) is 0 Å². The maximum absolute atomic E-state index is 13.3. The number of carbonyl (C=O) groups excluding carboxylic acids is 1. The van der Waals surface area contributed by atoms with E-state index < -0.39 is 11.8 Å². The molecule has 94 valence electrons. The van der Waals surface area contributed by atoms with E-state index >= 15 is 0 Å². The Kier molecular flexibility index (Phi) is 3.27. The van der Waals surface area contributed by atoms with Gasteiger partial charge in [0, 0.05) is 6.54 Å². The molecular formula is C12H12FN3O2. The number of para-hydroxylation sites is 1. The Morgan fingerprint density at radius 3 is 2.83 bits per heavy atom. The van der Waals surface area contributed by atoms with Crippen LogP contribution in [0.5, 0.6) is 5.75 Å². The van der Waals surface area contributed by atoms with Crippen LogP contribution in [-0.4, -0.2) is 15.7 Å². The van der Waals surface area contributed by atoms with Crippen molar-refractivity contribution in [3.8, 4) is 5.75 Å². The molecule has 0 spiro atoms. The van der Waals surface area contributed by atoms with Crippen LogP contribution in [-0.2, 0) is 6.54 Å². The fourth-order valence-electron chi connectivity index (χ4n) is 1.49. The maximum atomic E-state index is 13.3. The summed E-state index contributed by atoms with van der Waals surface area (Å²) in [5, 5.41) is 3.92. The van der Waals surface area contributed by atoms with Crippen LogP contribution in [0.2, 0.25) is 0 Å². The number of nitrogens with two attached hydrogens (primary N) is 1. The number of rotatable bonds is 3. The van der Waals surface area contributed by atoms with Gasteiger partial charge in [-0.25, -0.2) is 13.9 Å². The van der Waals surface area contributed by atoms with Crippen molar-refractivity contribution < 1.29 is 13.9 Å². The molecule has 0 unspecified atom stereocenters. The van der Waals surface area contributed by atoms with Gasteiger partial charge in [0.15, 0.2) is 11.6 Å². The third kappa shape index (κ3) is 2.17. The molecule has 0 bridgehead atoms. The minimum atomic E-state index is -0.725. The van der Waals surface area contributed by atoms with Gasteiger partial charge in [-0.2, -0.15) is 5.10 Å². The van der Waals surface area contributed by atoms with E-state index in [0.29, 0.717) is 6.54 Å².